The van der Waals surface area contributed by atoms with Crippen LogP contribution in [0.5, 0.6) is 5.75 Å². The largest absolute Gasteiger partial charge is 0.506 e. The number of aromatic hydroxyl groups is 1. The van der Waals surface area contributed by atoms with Crippen LogP contribution in [0.1, 0.15) is 63.4 Å². The number of nitrogens with zero attached hydrogens (tertiary/aromatic N) is 2. The summed E-state index contributed by atoms with van der Waals surface area (Å²) in [5.41, 5.74) is 4.55. The van der Waals surface area contributed by atoms with Crippen molar-refractivity contribution in [3.8, 4) is 16.9 Å². The quantitative estimate of drug-likeness (QED) is 0.124. The van der Waals surface area contributed by atoms with Crippen LogP contribution in [0.3, 0.4) is 0 Å². The Hall–Kier alpha value is -2.57. The van der Waals surface area contributed by atoms with Crippen molar-refractivity contribution >= 4 is 17.3 Å². The van der Waals surface area contributed by atoms with Gasteiger partial charge in [0.05, 0.1) is 11.1 Å². The molecule has 0 atom stereocenters. The van der Waals surface area contributed by atoms with E-state index in [9.17, 15) is 5.11 Å². The number of ether oxygens (including phenoxy) is 1. The smallest absolute Gasteiger partial charge is 0.134 e. The standard InChI is InChI=1S/C35H48ClN3O2/c1-38(27-30-17-14-20-34(40)35(30)36)23-12-5-3-2-4-6-13-24-39-25-21-31(22-26-39)41-28-37-33-19-11-10-18-32(33)29-15-8-7-9-16-29/h7-11,14-20,31,37,40H,2-6,12-13,21-28H2,1H3. The van der Waals surface area contributed by atoms with Crippen molar-refractivity contribution in [2.45, 2.75) is 70.4 Å². The van der Waals surface area contributed by atoms with Crippen LogP contribution in [0.4, 0.5) is 5.69 Å². The Kier molecular flexibility index (Phi) is 13.3. The predicted molar refractivity (Wildman–Crippen MR) is 173 cm³/mol. The van der Waals surface area contributed by atoms with Crippen LogP contribution in [-0.4, -0.2) is 61.0 Å². The molecule has 0 saturated carbocycles. The fraction of sp³-hybridized carbons (Fsp3) is 0.486. The summed E-state index contributed by atoms with van der Waals surface area (Å²) in [6, 6.07) is 24.4. The molecule has 1 aliphatic rings. The molecule has 1 heterocycles. The Bertz CT molecular complexity index is 1150. The van der Waals surface area contributed by atoms with Gasteiger partial charge >= 0.3 is 0 Å². The Labute approximate surface area is 252 Å². The number of phenolic OH excluding ortho intramolecular Hbond substituents is 1. The van der Waals surface area contributed by atoms with Crippen molar-refractivity contribution in [3.05, 3.63) is 83.4 Å². The normalized spacial score (nSPS) is 14.5. The zero-order chi connectivity index (χ0) is 28.7. The summed E-state index contributed by atoms with van der Waals surface area (Å²) in [5, 5.41) is 13.8. The maximum atomic E-state index is 9.77. The molecule has 3 aromatic carbocycles. The highest BCUT2D eigenvalue weighted by Crippen LogP contribution is 2.28. The van der Waals surface area contributed by atoms with Gasteiger partial charge in [-0.25, -0.2) is 0 Å². The third kappa shape index (κ3) is 10.6. The molecule has 41 heavy (non-hydrogen) atoms. The second-order valence-electron chi connectivity index (χ2n) is 11.4. The number of rotatable bonds is 17. The molecule has 0 unspecified atom stereocenters. The van der Waals surface area contributed by atoms with E-state index in [2.05, 4.69) is 76.8 Å². The SMILES string of the molecule is CN(CCCCCCCCCN1CCC(OCNc2ccccc2-c2ccccc2)CC1)Cc1cccc(O)c1Cl. The van der Waals surface area contributed by atoms with Gasteiger partial charge in [-0.1, -0.05) is 104 Å². The van der Waals surface area contributed by atoms with E-state index in [4.69, 9.17) is 16.3 Å². The van der Waals surface area contributed by atoms with Gasteiger partial charge < -0.3 is 25.0 Å². The summed E-state index contributed by atoms with van der Waals surface area (Å²) in [6.07, 6.45) is 11.7. The first-order valence-corrected chi connectivity index (χ1v) is 15.8. The zero-order valence-corrected chi connectivity index (χ0v) is 25.5. The van der Waals surface area contributed by atoms with Gasteiger partial charge in [0.1, 0.15) is 12.5 Å². The number of likely N-dealkylation sites (tertiary alicyclic amines) is 1. The molecule has 1 saturated heterocycles. The molecule has 3 aromatic rings. The third-order valence-electron chi connectivity index (χ3n) is 8.14. The molecule has 0 aliphatic carbocycles. The molecule has 0 aromatic heterocycles. The Morgan fingerprint density at radius 3 is 2.32 bits per heavy atom. The predicted octanol–water partition coefficient (Wildman–Crippen LogP) is 8.43. The summed E-state index contributed by atoms with van der Waals surface area (Å²) >= 11 is 6.21. The Morgan fingerprint density at radius 2 is 1.54 bits per heavy atom. The molecule has 0 spiro atoms. The summed E-state index contributed by atoms with van der Waals surface area (Å²) < 4.78 is 6.21. The van der Waals surface area contributed by atoms with Crippen LogP contribution >= 0.6 is 11.6 Å². The monoisotopic (exact) mass is 577 g/mol. The van der Waals surface area contributed by atoms with Crippen LogP contribution in [0.25, 0.3) is 11.1 Å². The minimum atomic E-state index is 0.168. The molecule has 222 valence electrons. The lowest BCUT2D eigenvalue weighted by atomic mass is 10.0. The van der Waals surface area contributed by atoms with Gasteiger partial charge in [0.15, 0.2) is 0 Å². The number of anilines is 1. The number of hydrogen-bond acceptors (Lipinski definition) is 5. The number of benzene rings is 3. The van der Waals surface area contributed by atoms with Crippen LogP contribution < -0.4 is 5.32 Å². The molecule has 0 bridgehead atoms. The van der Waals surface area contributed by atoms with E-state index >= 15 is 0 Å². The molecular formula is C35H48ClN3O2. The number of piperidine rings is 1. The zero-order valence-electron chi connectivity index (χ0n) is 24.7. The topological polar surface area (TPSA) is 48.0 Å². The second-order valence-corrected chi connectivity index (χ2v) is 11.8. The van der Waals surface area contributed by atoms with Crippen LogP contribution in [0, 0.1) is 0 Å². The minimum Gasteiger partial charge on any atom is -0.506 e. The fourth-order valence-electron chi connectivity index (χ4n) is 5.70. The van der Waals surface area contributed by atoms with Crippen LogP contribution in [0.15, 0.2) is 72.8 Å². The minimum absolute atomic E-state index is 0.168. The number of hydrogen-bond donors (Lipinski definition) is 2. The molecule has 4 rings (SSSR count). The lowest BCUT2D eigenvalue weighted by molar-refractivity contribution is 0.0165. The number of unbranched alkanes of at least 4 members (excludes halogenated alkanes) is 6. The lowest BCUT2D eigenvalue weighted by Gasteiger charge is -2.32. The van der Waals surface area contributed by atoms with Crippen molar-refractivity contribution in [1.29, 1.82) is 0 Å². The molecular weight excluding hydrogens is 530 g/mol. The lowest BCUT2D eigenvalue weighted by Crippen LogP contribution is -2.38. The molecule has 1 fully saturated rings. The van der Waals surface area contributed by atoms with Crippen molar-refractivity contribution in [3.63, 3.8) is 0 Å². The maximum Gasteiger partial charge on any atom is 0.134 e. The van der Waals surface area contributed by atoms with Gasteiger partial charge in [0, 0.05) is 30.9 Å². The van der Waals surface area contributed by atoms with E-state index in [-0.39, 0.29) is 5.75 Å². The van der Waals surface area contributed by atoms with Gasteiger partial charge in [-0.3, -0.25) is 0 Å². The Morgan fingerprint density at radius 1 is 0.854 bits per heavy atom. The van der Waals surface area contributed by atoms with E-state index in [0.29, 0.717) is 17.9 Å². The number of para-hydroxylation sites is 1. The fourth-order valence-corrected chi connectivity index (χ4v) is 5.89. The highest BCUT2D eigenvalue weighted by atomic mass is 35.5. The molecule has 2 N–H and O–H groups in total. The second kappa shape index (κ2) is 17.4. The van der Waals surface area contributed by atoms with Gasteiger partial charge in [-0.15, -0.1) is 0 Å². The van der Waals surface area contributed by atoms with Crippen molar-refractivity contribution in [2.75, 3.05) is 45.3 Å². The number of halogens is 1. The first-order valence-electron chi connectivity index (χ1n) is 15.5. The van der Waals surface area contributed by atoms with E-state index in [1.165, 1.54) is 62.6 Å². The van der Waals surface area contributed by atoms with Crippen molar-refractivity contribution < 1.29 is 9.84 Å². The molecule has 6 heteroatoms. The number of phenols is 1. The van der Waals surface area contributed by atoms with E-state index < -0.39 is 0 Å². The molecule has 0 radical (unpaired) electrons. The highest BCUT2D eigenvalue weighted by Gasteiger charge is 2.19. The molecule has 0 amide bonds. The average molecular weight is 578 g/mol. The molecule has 5 nitrogen and oxygen atoms in total. The first-order chi connectivity index (χ1) is 20.1. The Balaban J connectivity index is 0.986. The van der Waals surface area contributed by atoms with Crippen molar-refractivity contribution in [1.82, 2.24) is 9.80 Å². The first kappa shape index (κ1) is 31.4. The van der Waals surface area contributed by atoms with Gasteiger partial charge in [-0.2, -0.15) is 0 Å². The third-order valence-corrected chi connectivity index (χ3v) is 8.58. The summed E-state index contributed by atoms with van der Waals surface area (Å²) in [4.78, 5) is 4.91. The summed E-state index contributed by atoms with van der Waals surface area (Å²) in [7, 11) is 2.12. The van der Waals surface area contributed by atoms with E-state index in [1.807, 2.05) is 12.1 Å². The summed E-state index contributed by atoms with van der Waals surface area (Å²) in [6.45, 7) is 5.90. The van der Waals surface area contributed by atoms with E-state index in [0.717, 1.165) is 50.3 Å². The maximum absolute atomic E-state index is 9.77. The van der Waals surface area contributed by atoms with Crippen molar-refractivity contribution in [2.24, 2.45) is 0 Å². The average Bonchev–Trinajstić information content (AvgIpc) is 3.00. The molecule has 1 aliphatic heterocycles. The van der Waals surface area contributed by atoms with Crippen LogP contribution in [0.2, 0.25) is 5.02 Å². The van der Waals surface area contributed by atoms with Gasteiger partial charge in [0.2, 0.25) is 0 Å². The highest BCUT2D eigenvalue weighted by molar-refractivity contribution is 6.32. The van der Waals surface area contributed by atoms with Gasteiger partial charge in [0.25, 0.3) is 0 Å². The van der Waals surface area contributed by atoms with Crippen LogP contribution in [-0.2, 0) is 11.3 Å². The summed E-state index contributed by atoms with van der Waals surface area (Å²) in [5.74, 6) is 0.168. The van der Waals surface area contributed by atoms with E-state index in [1.54, 1.807) is 6.07 Å². The number of nitrogens with one attached hydrogen (secondary N) is 1. The van der Waals surface area contributed by atoms with Gasteiger partial charge in [-0.05, 0) is 69.1 Å².